The minimum atomic E-state index is -0.672. The molecule has 0 fully saturated rings. The fourth-order valence-electron chi connectivity index (χ4n) is 4.87. The van der Waals surface area contributed by atoms with Crippen molar-refractivity contribution in [3.8, 4) is 28.2 Å². The molecule has 0 amide bonds. The third-order valence-corrected chi connectivity index (χ3v) is 6.65. The first-order chi connectivity index (χ1) is 19.0. The molecule has 3 aromatic heterocycles. The number of rotatable bonds is 7. The summed E-state index contributed by atoms with van der Waals surface area (Å²) in [5.74, 6) is -0.457. The van der Waals surface area contributed by atoms with Crippen LogP contribution in [0.4, 0.5) is 4.39 Å². The smallest absolute Gasteiger partial charge is 0.296 e. The number of halogens is 1. The van der Waals surface area contributed by atoms with E-state index in [4.69, 9.17) is 0 Å². The van der Waals surface area contributed by atoms with Gasteiger partial charge >= 0.3 is 5.76 Å². The van der Waals surface area contributed by atoms with Crippen LogP contribution in [0.5, 0.6) is 0 Å². The van der Waals surface area contributed by atoms with Crippen molar-refractivity contribution in [1.82, 2.24) is 29.3 Å². The van der Waals surface area contributed by atoms with Gasteiger partial charge in [-0.25, -0.2) is 18.3 Å². The first kappa shape index (κ1) is 28.1. The van der Waals surface area contributed by atoms with E-state index in [2.05, 4.69) is 24.7 Å². The maximum atomic E-state index is 15.7. The number of hydrogen-bond acceptors (Lipinski definition) is 6. The SMILES string of the molecule is CCCc1c(Cc2ccc(-c3ccccc3-c3noc(=O)[nH]3)cc2F)c(=O)n(-c2ccccc2)c2ncnn12.[K]. The molecule has 1 N–H and O–H groups in total. The molecule has 9 nitrogen and oxygen atoms in total. The predicted octanol–water partition coefficient (Wildman–Crippen LogP) is 4.19. The topological polar surface area (TPSA) is 111 Å². The summed E-state index contributed by atoms with van der Waals surface area (Å²) in [6, 6.07) is 21.3. The van der Waals surface area contributed by atoms with Gasteiger partial charge in [0.2, 0.25) is 5.78 Å². The second kappa shape index (κ2) is 11.9. The van der Waals surface area contributed by atoms with Crippen LogP contribution in [0, 0.1) is 5.82 Å². The van der Waals surface area contributed by atoms with Gasteiger partial charge < -0.3 is 0 Å². The fraction of sp³-hybridized carbons (Fsp3) is 0.138. The van der Waals surface area contributed by atoms with Gasteiger partial charge in [-0.1, -0.05) is 73.1 Å². The summed E-state index contributed by atoms with van der Waals surface area (Å²) < 4.78 is 23.5. The standard InChI is InChI=1S/C29H23FN6O3.K/c1-2-8-25-23(27(37)35(20-9-4-3-5-10-20)28-31-17-32-36(25)28)15-19-14-13-18(16-24(19)30)21-11-6-7-12-22(21)26-33-29(38)39-34-26;/h3-7,9-14,16-17H,2,8,15H2,1H3,(H,33,34,38);. The Balaban J connectivity index is 0.00000323. The Bertz CT molecular complexity index is 1930. The molecular formula is C29H23FKN6O3. The Morgan fingerprint density at radius 2 is 1.73 bits per heavy atom. The molecule has 3 aromatic carbocycles. The van der Waals surface area contributed by atoms with E-state index in [-0.39, 0.29) is 69.2 Å². The van der Waals surface area contributed by atoms with Crippen molar-refractivity contribution >= 4 is 57.2 Å². The molecule has 195 valence electrons. The average molecular weight is 562 g/mol. The molecule has 11 heteroatoms. The van der Waals surface area contributed by atoms with Gasteiger partial charge in [-0.2, -0.15) is 10.1 Å². The number of aromatic amines is 1. The molecule has 40 heavy (non-hydrogen) atoms. The fourth-order valence-corrected chi connectivity index (χ4v) is 4.87. The van der Waals surface area contributed by atoms with Crippen molar-refractivity contribution in [2.24, 2.45) is 0 Å². The van der Waals surface area contributed by atoms with Crippen LogP contribution in [0.15, 0.2) is 93.2 Å². The van der Waals surface area contributed by atoms with E-state index < -0.39 is 11.6 Å². The third kappa shape index (κ3) is 5.18. The third-order valence-electron chi connectivity index (χ3n) is 6.65. The Morgan fingerprint density at radius 1 is 0.975 bits per heavy atom. The molecule has 0 bridgehead atoms. The Labute approximate surface area is 270 Å². The zero-order valence-corrected chi connectivity index (χ0v) is 25.1. The van der Waals surface area contributed by atoms with E-state index in [9.17, 15) is 9.59 Å². The minimum Gasteiger partial charge on any atom is -0.296 e. The van der Waals surface area contributed by atoms with E-state index in [0.717, 1.165) is 6.42 Å². The van der Waals surface area contributed by atoms with Crippen LogP contribution in [0.2, 0.25) is 0 Å². The normalized spacial score (nSPS) is 11.1. The number of benzene rings is 3. The zero-order valence-electron chi connectivity index (χ0n) is 22.0. The number of H-pyrrole nitrogens is 1. The van der Waals surface area contributed by atoms with Gasteiger partial charge in [-0.3, -0.25) is 14.3 Å². The summed E-state index contributed by atoms with van der Waals surface area (Å²) in [6.45, 7) is 2.02. The van der Waals surface area contributed by atoms with Crippen LogP contribution in [-0.4, -0.2) is 80.7 Å². The summed E-state index contributed by atoms with van der Waals surface area (Å²) in [7, 11) is 0. The largest absolute Gasteiger partial charge is 0.439 e. The maximum Gasteiger partial charge on any atom is 0.439 e. The van der Waals surface area contributed by atoms with E-state index in [1.54, 1.807) is 28.8 Å². The molecule has 1 radical (unpaired) electrons. The second-order valence-electron chi connectivity index (χ2n) is 9.10. The second-order valence-corrected chi connectivity index (χ2v) is 9.10. The molecular weight excluding hydrogens is 538 g/mol. The first-order valence-electron chi connectivity index (χ1n) is 12.5. The van der Waals surface area contributed by atoms with Gasteiger partial charge in [-0.15, -0.1) is 0 Å². The molecule has 6 rings (SSSR count). The van der Waals surface area contributed by atoms with Crippen LogP contribution in [-0.2, 0) is 12.8 Å². The summed E-state index contributed by atoms with van der Waals surface area (Å²) in [5, 5.41) is 8.17. The molecule has 0 saturated carbocycles. The molecule has 0 aliphatic rings. The van der Waals surface area contributed by atoms with Gasteiger partial charge in [0.05, 0.1) is 11.4 Å². The summed E-state index contributed by atoms with van der Waals surface area (Å²) in [4.78, 5) is 32.3. The van der Waals surface area contributed by atoms with Crippen molar-refractivity contribution in [2.45, 2.75) is 26.2 Å². The van der Waals surface area contributed by atoms with Crippen molar-refractivity contribution in [3.05, 3.63) is 123 Å². The quantitative estimate of drug-likeness (QED) is 0.293. The number of fused-ring (bicyclic) bond motifs is 1. The molecule has 6 aromatic rings. The van der Waals surface area contributed by atoms with E-state index in [1.807, 2.05) is 49.4 Å². The van der Waals surface area contributed by atoms with E-state index >= 15 is 4.39 Å². The van der Waals surface area contributed by atoms with Gasteiger partial charge in [0.25, 0.3) is 5.56 Å². The molecule has 0 atom stereocenters. The van der Waals surface area contributed by atoms with E-state index in [1.165, 1.54) is 17.0 Å². The Hall–Kier alpha value is -3.48. The number of hydrogen-bond donors (Lipinski definition) is 1. The number of aromatic nitrogens is 6. The molecule has 0 unspecified atom stereocenters. The van der Waals surface area contributed by atoms with E-state index in [0.29, 0.717) is 51.4 Å². The summed E-state index contributed by atoms with van der Waals surface area (Å²) >= 11 is 0. The number of aryl methyl sites for hydroxylation is 1. The van der Waals surface area contributed by atoms with Crippen LogP contribution >= 0.6 is 0 Å². The molecule has 0 saturated heterocycles. The van der Waals surface area contributed by atoms with Gasteiger partial charge in [0.1, 0.15) is 12.1 Å². The van der Waals surface area contributed by atoms with Gasteiger partial charge in [0.15, 0.2) is 5.82 Å². The Kier molecular flexibility index (Phi) is 8.38. The van der Waals surface area contributed by atoms with Gasteiger partial charge in [-0.05, 0) is 41.3 Å². The zero-order chi connectivity index (χ0) is 26.9. The molecule has 0 aliphatic heterocycles. The first-order valence-corrected chi connectivity index (χ1v) is 12.5. The predicted molar refractivity (Wildman–Crippen MR) is 149 cm³/mol. The van der Waals surface area contributed by atoms with Crippen molar-refractivity contribution in [1.29, 1.82) is 0 Å². The van der Waals surface area contributed by atoms with Crippen LogP contribution < -0.4 is 11.3 Å². The number of para-hydroxylation sites is 1. The van der Waals surface area contributed by atoms with Crippen molar-refractivity contribution in [3.63, 3.8) is 0 Å². The average Bonchev–Trinajstić information content (AvgIpc) is 3.61. The minimum absolute atomic E-state index is 0. The maximum absolute atomic E-state index is 15.7. The molecule has 0 spiro atoms. The number of nitrogens with one attached hydrogen (secondary N) is 1. The molecule has 0 aliphatic carbocycles. The van der Waals surface area contributed by atoms with Crippen molar-refractivity contribution in [2.75, 3.05) is 0 Å². The number of nitrogens with zero attached hydrogens (tertiary/aromatic N) is 5. The summed E-state index contributed by atoms with van der Waals surface area (Å²) in [6.07, 6.45) is 2.87. The van der Waals surface area contributed by atoms with Crippen LogP contribution in [0.3, 0.4) is 0 Å². The van der Waals surface area contributed by atoms with Gasteiger partial charge in [0, 0.05) is 68.9 Å². The van der Waals surface area contributed by atoms with Crippen molar-refractivity contribution < 1.29 is 8.91 Å². The van der Waals surface area contributed by atoms with Crippen LogP contribution in [0.1, 0.15) is 30.2 Å². The Morgan fingerprint density at radius 3 is 2.42 bits per heavy atom. The van der Waals surface area contributed by atoms with Crippen LogP contribution in [0.25, 0.3) is 34.0 Å². The molecule has 3 heterocycles. The summed E-state index contributed by atoms with van der Waals surface area (Å²) in [5.41, 5.74) is 3.82. The monoisotopic (exact) mass is 561 g/mol.